The fraction of sp³-hybridized carbons (Fsp3) is 0.562. The Hall–Kier alpha value is -1.75. The quantitative estimate of drug-likeness (QED) is 0.856. The summed E-state index contributed by atoms with van der Waals surface area (Å²) in [5.41, 5.74) is 0.301. The van der Waals surface area contributed by atoms with Gasteiger partial charge in [-0.15, -0.1) is 0 Å². The third kappa shape index (κ3) is 2.46. The van der Waals surface area contributed by atoms with Gasteiger partial charge >= 0.3 is 5.97 Å². The molecule has 3 fully saturated rings. The van der Waals surface area contributed by atoms with Crippen LogP contribution in [0.25, 0.3) is 0 Å². The number of methoxy groups -OCH3 is 2. The number of anilines is 1. The van der Waals surface area contributed by atoms with Gasteiger partial charge in [-0.1, -0.05) is 0 Å². The fourth-order valence-corrected chi connectivity index (χ4v) is 3.60. The molecule has 21 heavy (non-hydrogen) atoms. The van der Waals surface area contributed by atoms with Crippen molar-refractivity contribution in [1.82, 2.24) is 4.90 Å². The maximum Gasteiger partial charge on any atom is 0.333 e. The minimum atomic E-state index is -0.625. The van der Waals surface area contributed by atoms with Gasteiger partial charge in [-0.2, -0.15) is 0 Å². The molecule has 5 heteroatoms. The van der Waals surface area contributed by atoms with Crippen molar-refractivity contribution < 1.29 is 14.3 Å². The van der Waals surface area contributed by atoms with E-state index in [1.54, 1.807) is 7.11 Å². The van der Waals surface area contributed by atoms with Crippen LogP contribution < -0.4 is 10.1 Å². The van der Waals surface area contributed by atoms with E-state index in [2.05, 4.69) is 10.2 Å². The lowest BCUT2D eigenvalue weighted by molar-refractivity contribution is -0.153. The van der Waals surface area contributed by atoms with Crippen molar-refractivity contribution in [3.63, 3.8) is 0 Å². The third-order valence-corrected chi connectivity index (χ3v) is 4.76. The zero-order chi connectivity index (χ0) is 14.9. The largest absolute Gasteiger partial charge is 0.497 e. The van der Waals surface area contributed by atoms with Crippen LogP contribution in [0.5, 0.6) is 5.75 Å². The van der Waals surface area contributed by atoms with Crippen LogP contribution in [-0.2, 0) is 9.53 Å². The van der Waals surface area contributed by atoms with E-state index >= 15 is 0 Å². The second-order valence-electron chi connectivity index (χ2n) is 5.87. The molecule has 1 atom stereocenters. The predicted molar refractivity (Wildman–Crippen MR) is 80.5 cm³/mol. The molecule has 0 amide bonds. The summed E-state index contributed by atoms with van der Waals surface area (Å²) in [6.45, 7) is 2.87. The average Bonchev–Trinajstić information content (AvgIpc) is 2.55. The van der Waals surface area contributed by atoms with Crippen LogP contribution >= 0.6 is 0 Å². The number of rotatable bonds is 4. The molecule has 0 aliphatic carbocycles. The number of benzene rings is 1. The van der Waals surface area contributed by atoms with Crippen molar-refractivity contribution in [1.29, 1.82) is 0 Å². The number of nitrogens with zero attached hydrogens (tertiary/aromatic N) is 1. The van der Waals surface area contributed by atoms with Crippen molar-refractivity contribution in [3.8, 4) is 5.75 Å². The minimum absolute atomic E-state index is 0.160. The minimum Gasteiger partial charge on any atom is -0.497 e. The van der Waals surface area contributed by atoms with Crippen LogP contribution in [0, 0.1) is 5.92 Å². The molecule has 1 aromatic carbocycles. The van der Waals surface area contributed by atoms with E-state index in [0.29, 0.717) is 5.92 Å². The van der Waals surface area contributed by atoms with Crippen molar-refractivity contribution >= 4 is 11.7 Å². The molecule has 1 N–H and O–H groups in total. The SMILES string of the molecule is COC(=O)C1(Nc2ccc(OC)cc2)CN2CCC1CC2. The van der Waals surface area contributed by atoms with Crippen LogP contribution in [0.1, 0.15) is 12.8 Å². The smallest absolute Gasteiger partial charge is 0.333 e. The molecule has 3 aliphatic rings. The normalized spacial score (nSPS) is 30.8. The van der Waals surface area contributed by atoms with Gasteiger partial charge < -0.3 is 19.7 Å². The molecule has 3 saturated heterocycles. The zero-order valence-corrected chi connectivity index (χ0v) is 12.6. The standard InChI is InChI=1S/C16H22N2O3/c1-20-14-5-3-13(4-6-14)17-16(15(19)21-2)11-18-9-7-12(16)8-10-18/h3-6,12,17H,7-11H2,1-2H3. The van der Waals surface area contributed by atoms with Crippen molar-refractivity contribution in [2.24, 2.45) is 5.92 Å². The number of nitrogens with one attached hydrogen (secondary N) is 1. The molecule has 0 spiro atoms. The summed E-state index contributed by atoms with van der Waals surface area (Å²) in [5, 5.41) is 3.46. The number of ether oxygens (including phenoxy) is 2. The van der Waals surface area contributed by atoms with Gasteiger partial charge in [0.25, 0.3) is 0 Å². The predicted octanol–water partition coefficient (Wildman–Crippen LogP) is 1.74. The molecule has 0 saturated carbocycles. The Morgan fingerprint density at radius 1 is 1.24 bits per heavy atom. The van der Waals surface area contributed by atoms with Crippen LogP contribution in [0.3, 0.4) is 0 Å². The Morgan fingerprint density at radius 2 is 1.90 bits per heavy atom. The van der Waals surface area contributed by atoms with Gasteiger partial charge in [0.1, 0.15) is 5.75 Å². The number of fused-ring (bicyclic) bond motifs is 3. The summed E-state index contributed by atoms with van der Waals surface area (Å²) in [6.07, 6.45) is 2.08. The van der Waals surface area contributed by atoms with E-state index in [0.717, 1.165) is 43.9 Å². The first-order valence-corrected chi connectivity index (χ1v) is 7.41. The first-order chi connectivity index (χ1) is 10.2. The maximum absolute atomic E-state index is 12.5. The van der Waals surface area contributed by atoms with E-state index in [1.807, 2.05) is 24.3 Å². The Balaban J connectivity index is 1.87. The highest BCUT2D eigenvalue weighted by atomic mass is 16.5. The lowest BCUT2D eigenvalue weighted by Gasteiger charge is -2.51. The van der Waals surface area contributed by atoms with Crippen LogP contribution in [0.2, 0.25) is 0 Å². The van der Waals surface area contributed by atoms with Crippen LogP contribution in [-0.4, -0.2) is 50.3 Å². The number of carbonyl (C=O) groups is 1. The van der Waals surface area contributed by atoms with Crippen LogP contribution in [0.15, 0.2) is 24.3 Å². The summed E-state index contributed by atoms with van der Waals surface area (Å²) in [7, 11) is 3.11. The topological polar surface area (TPSA) is 50.8 Å². The Kier molecular flexibility index (Phi) is 3.76. The Labute approximate surface area is 125 Å². The molecular formula is C16H22N2O3. The van der Waals surface area contributed by atoms with Crippen molar-refractivity contribution in [2.75, 3.05) is 39.2 Å². The molecule has 1 aromatic rings. The van der Waals surface area contributed by atoms with Gasteiger partial charge in [0.05, 0.1) is 14.2 Å². The lowest BCUT2D eigenvalue weighted by atomic mass is 9.72. The molecule has 3 aliphatic heterocycles. The molecule has 5 nitrogen and oxygen atoms in total. The molecule has 3 heterocycles. The Morgan fingerprint density at radius 3 is 2.38 bits per heavy atom. The van der Waals surface area contributed by atoms with Gasteiger partial charge in [0.2, 0.25) is 0 Å². The van der Waals surface area contributed by atoms with Crippen molar-refractivity contribution in [3.05, 3.63) is 24.3 Å². The summed E-state index contributed by atoms with van der Waals surface area (Å²) < 4.78 is 10.3. The lowest BCUT2D eigenvalue weighted by Crippen LogP contribution is -2.67. The highest BCUT2D eigenvalue weighted by Gasteiger charge is 2.53. The van der Waals surface area contributed by atoms with E-state index in [1.165, 1.54) is 7.11 Å². The first-order valence-electron chi connectivity index (χ1n) is 7.41. The molecule has 2 bridgehead atoms. The zero-order valence-electron chi connectivity index (χ0n) is 12.6. The highest BCUT2D eigenvalue weighted by Crippen LogP contribution is 2.39. The van der Waals surface area contributed by atoms with Gasteiger partial charge in [-0.3, -0.25) is 0 Å². The molecule has 114 valence electrons. The molecule has 1 unspecified atom stereocenters. The number of piperidine rings is 3. The van der Waals surface area contributed by atoms with E-state index in [-0.39, 0.29) is 5.97 Å². The maximum atomic E-state index is 12.5. The Bertz CT molecular complexity index is 509. The van der Waals surface area contributed by atoms with E-state index < -0.39 is 5.54 Å². The number of hydrogen-bond acceptors (Lipinski definition) is 5. The fourth-order valence-electron chi connectivity index (χ4n) is 3.60. The monoisotopic (exact) mass is 290 g/mol. The van der Waals surface area contributed by atoms with E-state index in [9.17, 15) is 4.79 Å². The summed E-state index contributed by atoms with van der Waals surface area (Å²) >= 11 is 0. The summed E-state index contributed by atoms with van der Waals surface area (Å²) in [6, 6.07) is 7.69. The molecule has 0 aromatic heterocycles. The van der Waals surface area contributed by atoms with Crippen LogP contribution in [0.4, 0.5) is 5.69 Å². The molecule has 0 radical (unpaired) electrons. The summed E-state index contributed by atoms with van der Waals surface area (Å²) in [4.78, 5) is 14.8. The van der Waals surface area contributed by atoms with Gasteiger partial charge in [0.15, 0.2) is 5.54 Å². The van der Waals surface area contributed by atoms with Gasteiger partial charge in [-0.05, 0) is 56.1 Å². The second-order valence-corrected chi connectivity index (χ2v) is 5.87. The highest BCUT2D eigenvalue weighted by molar-refractivity contribution is 5.86. The van der Waals surface area contributed by atoms with Gasteiger partial charge in [-0.25, -0.2) is 4.79 Å². The number of esters is 1. The van der Waals surface area contributed by atoms with E-state index in [4.69, 9.17) is 9.47 Å². The molecule has 4 rings (SSSR count). The number of hydrogen-bond donors (Lipinski definition) is 1. The van der Waals surface area contributed by atoms with Crippen molar-refractivity contribution in [2.45, 2.75) is 18.4 Å². The number of carbonyl (C=O) groups excluding carboxylic acids is 1. The average molecular weight is 290 g/mol. The van der Waals surface area contributed by atoms with Gasteiger partial charge in [0, 0.05) is 12.2 Å². The summed E-state index contributed by atoms with van der Waals surface area (Å²) in [5.74, 6) is 0.978. The first kappa shape index (κ1) is 14.2. The molecular weight excluding hydrogens is 268 g/mol. The second kappa shape index (κ2) is 5.56. The third-order valence-electron chi connectivity index (χ3n) is 4.76.